The molecule has 0 unspecified atom stereocenters. The molecule has 0 aliphatic heterocycles. The Labute approximate surface area is 136 Å². The highest BCUT2D eigenvalue weighted by molar-refractivity contribution is 5.96. The topological polar surface area (TPSA) is 90.1 Å². The molecule has 0 radical (unpaired) electrons. The van der Waals surface area contributed by atoms with Crippen LogP contribution in [0.4, 0.5) is 5.95 Å². The van der Waals surface area contributed by atoms with Gasteiger partial charge in [-0.1, -0.05) is 6.07 Å². The van der Waals surface area contributed by atoms with Crippen LogP contribution in [0, 0.1) is 20.8 Å². The SMILES string of the molecule is CCNC(=O)c1c(C)nc(N)nc1COc1cc(C)cc(C)c1. The summed E-state index contributed by atoms with van der Waals surface area (Å²) >= 11 is 0. The molecule has 1 aromatic heterocycles. The zero-order valence-electron chi connectivity index (χ0n) is 13.9. The van der Waals surface area contributed by atoms with Crippen LogP contribution < -0.4 is 15.8 Å². The number of nitrogens with one attached hydrogen (secondary N) is 1. The van der Waals surface area contributed by atoms with Crippen molar-refractivity contribution >= 4 is 11.9 Å². The van der Waals surface area contributed by atoms with E-state index in [4.69, 9.17) is 10.5 Å². The fourth-order valence-corrected chi connectivity index (χ4v) is 2.47. The van der Waals surface area contributed by atoms with Crippen molar-refractivity contribution in [2.45, 2.75) is 34.3 Å². The first-order valence-corrected chi connectivity index (χ1v) is 7.53. The molecule has 2 rings (SSSR count). The number of hydrogen-bond donors (Lipinski definition) is 2. The summed E-state index contributed by atoms with van der Waals surface area (Å²) in [5, 5.41) is 2.76. The minimum atomic E-state index is -0.218. The third kappa shape index (κ3) is 4.18. The molecule has 0 atom stereocenters. The van der Waals surface area contributed by atoms with Crippen molar-refractivity contribution in [2.24, 2.45) is 0 Å². The molecular formula is C17H22N4O2. The average Bonchev–Trinajstić information content (AvgIpc) is 2.43. The van der Waals surface area contributed by atoms with Crippen LogP contribution in [0.1, 0.15) is 39.8 Å². The van der Waals surface area contributed by atoms with Crippen molar-refractivity contribution in [1.29, 1.82) is 0 Å². The Kier molecular flexibility index (Phi) is 5.16. The number of nitrogen functional groups attached to an aromatic ring is 1. The van der Waals surface area contributed by atoms with Crippen LogP contribution >= 0.6 is 0 Å². The molecule has 1 heterocycles. The lowest BCUT2D eigenvalue weighted by molar-refractivity contribution is 0.0951. The van der Waals surface area contributed by atoms with E-state index in [9.17, 15) is 4.79 Å². The number of hydrogen-bond acceptors (Lipinski definition) is 5. The summed E-state index contributed by atoms with van der Waals surface area (Å²) in [6.07, 6.45) is 0. The van der Waals surface area contributed by atoms with Crippen molar-refractivity contribution < 1.29 is 9.53 Å². The predicted molar refractivity (Wildman–Crippen MR) is 89.4 cm³/mol. The Morgan fingerprint density at radius 3 is 2.43 bits per heavy atom. The lowest BCUT2D eigenvalue weighted by atomic mass is 10.1. The van der Waals surface area contributed by atoms with E-state index in [-0.39, 0.29) is 18.5 Å². The molecule has 6 nitrogen and oxygen atoms in total. The Hall–Kier alpha value is -2.63. The highest BCUT2D eigenvalue weighted by Crippen LogP contribution is 2.19. The van der Waals surface area contributed by atoms with E-state index in [1.165, 1.54) is 0 Å². The quantitative estimate of drug-likeness (QED) is 0.884. The minimum absolute atomic E-state index is 0.134. The molecule has 2 aromatic rings. The maximum absolute atomic E-state index is 12.2. The van der Waals surface area contributed by atoms with Crippen molar-refractivity contribution in [3.8, 4) is 5.75 Å². The molecule has 0 aliphatic carbocycles. The summed E-state index contributed by atoms with van der Waals surface area (Å²) in [7, 11) is 0. The van der Waals surface area contributed by atoms with Gasteiger partial charge in [-0.25, -0.2) is 9.97 Å². The van der Waals surface area contributed by atoms with Crippen LogP contribution in [0.15, 0.2) is 18.2 Å². The number of carbonyl (C=O) groups is 1. The number of rotatable bonds is 5. The van der Waals surface area contributed by atoms with Gasteiger partial charge in [0.2, 0.25) is 5.95 Å². The Morgan fingerprint density at radius 2 is 1.83 bits per heavy atom. The fourth-order valence-electron chi connectivity index (χ4n) is 2.47. The van der Waals surface area contributed by atoms with Gasteiger partial charge in [0, 0.05) is 6.54 Å². The number of anilines is 1. The second-order valence-electron chi connectivity index (χ2n) is 5.46. The van der Waals surface area contributed by atoms with Gasteiger partial charge in [-0.15, -0.1) is 0 Å². The van der Waals surface area contributed by atoms with Crippen molar-refractivity contribution in [3.63, 3.8) is 0 Å². The number of nitrogens with two attached hydrogens (primary N) is 1. The van der Waals surface area contributed by atoms with Gasteiger partial charge >= 0.3 is 0 Å². The van der Waals surface area contributed by atoms with E-state index in [1.807, 2.05) is 32.9 Å². The average molecular weight is 314 g/mol. The highest BCUT2D eigenvalue weighted by atomic mass is 16.5. The molecule has 0 aliphatic rings. The first kappa shape index (κ1) is 16.7. The molecule has 0 saturated heterocycles. The molecule has 0 spiro atoms. The molecule has 3 N–H and O–H groups in total. The fraction of sp³-hybridized carbons (Fsp3) is 0.353. The molecule has 1 amide bonds. The Balaban J connectivity index is 2.29. The van der Waals surface area contributed by atoms with Crippen LogP contribution in [0.3, 0.4) is 0 Å². The van der Waals surface area contributed by atoms with Gasteiger partial charge in [0.25, 0.3) is 5.91 Å². The summed E-state index contributed by atoms with van der Waals surface area (Å²) in [4.78, 5) is 20.5. The zero-order chi connectivity index (χ0) is 17.0. The van der Waals surface area contributed by atoms with Gasteiger partial charge in [-0.05, 0) is 51.0 Å². The smallest absolute Gasteiger partial charge is 0.255 e. The van der Waals surface area contributed by atoms with Gasteiger partial charge in [0.1, 0.15) is 12.4 Å². The van der Waals surface area contributed by atoms with Gasteiger partial charge in [-0.3, -0.25) is 4.79 Å². The summed E-state index contributed by atoms with van der Waals surface area (Å²) in [5.41, 5.74) is 9.39. The monoisotopic (exact) mass is 314 g/mol. The van der Waals surface area contributed by atoms with E-state index in [0.29, 0.717) is 23.5 Å². The molecule has 0 saturated carbocycles. The standard InChI is InChI=1S/C17H22N4O2/c1-5-19-16(22)15-12(4)20-17(18)21-14(15)9-23-13-7-10(2)6-11(3)8-13/h6-8H,5,9H2,1-4H3,(H,19,22)(H2,18,20,21). The van der Waals surface area contributed by atoms with Gasteiger partial charge in [0.05, 0.1) is 17.0 Å². The lowest BCUT2D eigenvalue weighted by Gasteiger charge is -2.13. The molecule has 1 aromatic carbocycles. The second kappa shape index (κ2) is 7.09. The third-order valence-corrected chi connectivity index (χ3v) is 3.32. The van der Waals surface area contributed by atoms with Gasteiger partial charge < -0.3 is 15.8 Å². The van der Waals surface area contributed by atoms with E-state index in [0.717, 1.165) is 16.9 Å². The normalized spacial score (nSPS) is 10.4. The lowest BCUT2D eigenvalue weighted by Crippen LogP contribution is -2.26. The second-order valence-corrected chi connectivity index (χ2v) is 5.46. The van der Waals surface area contributed by atoms with Crippen molar-refractivity contribution in [1.82, 2.24) is 15.3 Å². The molecule has 122 valence electrons. The Bertz CT molecular complexity index is 709. The highest BCUT2D eigenvalue weighted by Gasteiger charge is 2.18. The largest absolute Gasteiger partial charge is 0.487 e. The number of aromatic nitrogens is 2. The number of aryl methyl sites for hydroxylation is 3. The zero-order valence-corrected chi connectivity index (χ0v) is 13.9. The number of benzene rings is 1. The summed E-state index contributed by atoms with van der Waals surface area (Å²) in [5.74, 6) is 0.651. The van der Waals surface area contributed by atoms with E-state index in [2.05, 4.69) is 21.4 Å². The summed E-state index contributed by atoms with van der Waals surface area (Å²) in [6, 6.07) is 5.95. The number of nitrogens with zero attached hydrogens (tertiary/aromatic N) is 2. The first-order chi connectivity index (χ1) is 10.9. The van der Waals surface area contributed by atoms with Crippen LogP contribution in [0.5, 0.6) is 5.75 Å². The molecule has 6 heteroatoms. The van der Waals surface area contributed by atoms with Crippen molar-refractivity contribution in [3.05, 3.63) is 46.3 Å². The number of ether oxygens (including phenoxy) is 1. The first-order valence-electron chi connectivity index (χ1n) is 7.53. The molecular weight excluding hydrogens is 292 g/mol. The summed E-state index contributed by atoms with van der Waals surface area (Å²) < 4.78 is 5.81. The number of carbonyl (C=O) groups excluding carboxylic acids is 1. The minimum Gasteiger partial charge on any atom is -0.487 e. The maximum atomic E-state index is 12.2. The summed E-state index contributed by atoms with van der Waals surface area (Å²) in [6.45, 7) is 8.29. The molecule has 23 heavy (non-hydrogen) atoms. The third-order valence-electron chi connectivity index (χ3n) is 3.32. The maximum Gasteiger partial charge on any atom is 0.255 e. The molecule has 0 bridgehead atoms. The Morgan fingerprint density at radius 1 is 1.17 bits per heavy atom. The van der Waals surface area contributed by atoms with Crippen LogP contribution in [-0.4, -0.2) is 22.4 Å². The van der Waals surface area contributed by atoms with E-state index < -0.39 is 0 Å². The van der Waals surface area contributed by atoms with Gasteiger partial charge in [0.15, 0.2) is 0 Å². The van der Waals surface area contributed by atoms with E-state index in [1.54, 1.807) is 6.92 Å². The van der Waals surface area contributed by atoms with Crippen LogP contribution in [-0.2, 0) is 6.61 Å². The van der Waals surface area contributed by atoms with Crippen LogP contribution in [0.25, 0.3) is 0 Å². The van der Waals surface area contributed by atoms with Gasteiger partial charge in [-0.2, -0.15) is 0 Å². The molecule has 0 fully saturated rings. The van der Waals surface area contributed by atoms with Crippen LogP contribution in [0.2, 0.25) is 0 Å². The number of amides is 1. The van der Waals surface area contributed by atoms with E-state index >= 15 is 0 Å². The van der Waals surface area contributed by atoms with Crippen molar-refractivity contribution in [2.75, 3.05) is 12.3 Å². The predicted octanol–water partition coefficient (Wildman–Crippen LogP) is 2.31.